The number of rotatable bonds is 5. The maximum Gasteiger partial charge on any atom is 0.317 e. The quantitative estimate of drug-likeness (QED) is 0.331. The Balaban J connectivity index is 1.38. The van der Waals surface area contributed by atoms with Crippen LogP contribution in [0.25, 0.3) is 6.08 Å². The van der Waals surface area contributed by atoms with E-state index in [1.54, 1.807) is 47.9 Å². The van der Waals surface area contributed by atoms with E-state index in [-0.39, 0.29) is 12.2 Å². The number of nitrogens with zero attached hydrogens (tertiary/aromatic N) is 2. The van der Waals surface area contributed by atoms with Crippen molar-refractivity contribution in [2.45, 2.75) is 25.3 Å². The Morgan fingerprint density at radius 2 is 2.00 bits per heavy atom. The molecule has 38 heavy (non-hydrogen) atoms. The number of furan rings is 1. The molecule has 0 spiro atoms. The van der Waals surface area contributed by atoms with Gasteiger partial charge < -0.3 is 18.6 Å². The molecule has 2 aromatic carbocycles. The summed E-state index contributed by atoms with van der Waals surface area (Å²) < 4.78 is 24.9. The number of hydrogen-bond acceptors (Lipinski definition) is 8. The number of aromatic nitrogens is 1. The molecule has 8 nitrogen and oxygen atoms in total. The molecule has 0 saturated carbocycles. The van der Waals surface area contributed by atoms with E-state index in [9.17, 15) is 9.59 Å². The molecule has 0 N–H and O–H groups in total. The third kappa shape index (κ3) is 4.02. The molecular formula is C27H20Cl2N2O6S. The number of hydrogen-bond donors (Lipinski definition) is 0. The molecule has 2 aliphatic rings. The van der Waals surface area contributed by atoms with E-state index in [0.29, 0.717) is 42.4 Å². The Morgan fingerprint density at radius 3 is 2.82 bits per heavy atom. The van der Waals surface area contributed by atoms with Crippen molar-refractivity contribution in [3.63, 3.8) is 0 Å². The third-order valence-electron chi connectivity index (χ3n) is 6.58. The Morgan fingerprint density at radius 1 is 1.18 bits per heavy atom. The van der Waals surface area contributed by atoms with Gasteiger partial charge in [-0.2, -0.15) is 0 Å². The molecule has 3 unspecified atom stereocenters. The average Bonchev–Trinajstić information content (AvgIpc) is 3.47. The molecule has 0 fully saturated rings. The smallest absolute Gasteiger partial charge is 0.317 e. The lowest BCUT2D eigenvalue weighted by atomic mass is 9.81. The molecule has 11 heteroatoms. The minimum absolute atomic E-state index is 0.124. The Hall–Kier alpha value is -3.53. The maximum atomic E-state index is 13.7. The summed E-state index contributed by atoms with van der Waals surface area (Å²) in [5.41, 5.74) is -0.788. The van der Waals surface area contributed by atoms with Crippen LogP contribution in [0.5, 0.6) is 11.5 Å². The Bertz CT molecular complexity index is 1760. The fourth-order valence-electron chi connectivity index (χ4n) is 4.85. The lowest BCUT2D eigenvalue weighted by Crippen LogP contribution is -2.58. The predicted molar refractivity (Wildman–Crippen MR) is 142 cm³/mol. The predicted octanol–water partition coefficient (Wildman–Crippen LogP) is 4.34. The lowest BCUT2D eigenvalue weighted by molar-refractivity contribution is -0.158. The van der Waals surface area contributed by atoms with Gasteiger partial charge in [0.2, 0.25) is 5.72 Å². The van der Waals surface area contributed by atoms with Crippen molar-refractivity contribution in [1.82, 2.24) is 4.57 Å². The van der Waals surface area contributed by atoms with Crippen LogP contribution in [0.1, 0.15) is 30.0 Å². The minimum atomic E-state index is -1.22. The molecule has 2 aliphatic heterocycles. The molecule has 2 bridgehead atoms. The zero-order valence-electron chi connectivity index (χ0n) is 20.1. The summed E-state index contributed by atoms with van der Waals surface area (Å²) in [5.74, 6) is 0.686. The molecule has 4 heterocycles. The number of esters is 1. The number of halogens is 2. The normalized spacial score (nSPS) is 21.6. The Labute approximate surface area is 230 Å². The van der Waals surface area contributed by atoms with Gasteiger partial charge in [0, 0.05) is 11.6 Å². The number of carbonyl (C=O) groups is 1. The number of carbonyl (C=O) groups excluding carboxylic acids is 1. The zero-order chi connectivity index (χ0) is 26.6. The highest BCUT2D eigenvalue weighted by Crippen LogP contribution is 2.47. The highest BCUT2D eigenvalue weighted by molar-refractivity contribution is 7.07. The SMILES string of the molecule is COC(=O)C1C2c3ccccc3OC1(C)N=c1s/c(=C\c3ccc(COc4cccc(Cl)c4Cl)o3)c(=O)n12. The van der Waals surface area contributed by atoms with Crippen LogP contribution in [-0.4, -0.2) is 23.4 Å². The standard InChI is InChI=1S/C27H20Cl2N2O6S/c1-27-21(25(33)34-2)23(16-6-3-4-8-18(16)37-27)31-24(32)20(38-26(31)30-27)12-14-10-11-15(36-14)13-35-19-9-5-7-17(28)22(19)29/h3-12,21,23H,13H2,1-2H3/b20-12-. The van der Waals surface area contributed by atoms with E-state index in [1.165, 1.54) is 18.4 Å². The molecule has 0 saturated heterocycles. The first-order valence-corrected chi connectivity index (χ1v) is 13.2. The van der Waals surface area contributed by atoms with Crippen LogP contribution < -0.4 is 24.4 Å². The number of thiazole rings is 1. The molecule has 6 rings (SSSR count). The van der Waals surface area contributed by atoms with Crippen molar-refractivity contribution in [2.24, 2.45) is 10.9 Å². The molecular weight excluding hydrogens is 551 g/mol. The summed E-state index contributed by atoms with van der Waals surface area (Å²) in [4.78, 5) is 31.7. The van der Waals surface area contributed by atoms with Crippen molar-refractivity contribution in [3.05, 3.63) is 101 Å². The van der Waals surface area contributed by atoms with E-state index in [2.05, 4.69) is 0 Å². The number of benzene rings is 2. The van der Waals surface area contributed by atoms with Crippen LogP contribution >= 0.6 is 34.5 Å². The summed E-state index contributed by atoms with van der Waals surface area (Å²) in [6, 6.07) is 15.3. The van der Waals surface area contributed by atoms with Crippen LogP contribution in [0, 0.1) is 5.92 Å². The minimum Gasteiger partial charge on any atom is -0.484 e. The van der Waals surface area contributed by atoms with Gasteiger partial charge in [-0.25, -0.2) is 4.99 Å². The highest BCUT2D eigenvalue weighted by atomic mass is 35.5. The fourth-order valence-corrected chi connectivity index (χ4v) is 6.28. The van der Waals surface area contributed by atoms with Crippen LogP contribution in [0.4, 0.5) is 0 Å². The van der Waals surface area contributed by atoms with Crippen molar-refractivity contribution in [2.75, 3.05) is 7.11 Å². The largest absolute Gasteiger partial charge is 0.484 e. The first-order chi connectivity index (χ1) is 18.3. The average molecular weight is 571 g/mol. The first kappa shape index (κ1) is 24.8. The van der Waals surface area contributed by atoms with Crippen molar-refractivity contribution in [3.8, 4) is 11.5 Å². The lowest BCUT2D eigenvalue weighted by Gasteiger charge is -2.44. The Kier molecular flexibility index (Phi) is 6.09. The van der Waals surface area contributed by atoms with Gasteiger partial charge in [-0.3, -0.25) is 14.2 Å². The van der Waals surface area contributed by atoms with E-state index in [0.717, 1.165) is 5.56 Å². The van der Waals surface area contributed by atoms with E-state index in [4.69, 9.17) is 46.8 Å². The summed E-state index contributed by atoms with van der Waals surface area (Å²) in [6.07, 6.45) is 1.65. The van der Waals surface area contributed by atoms with Gasteiger partial charge in [-0.1, -0.05) is 58.8 Å². The van der Waals surface area contributed by atoms with Crippen LogP contribution in [0.15, 0.2) is 68.8 Å². The third-order valence-corrected chi connectivity index (χ3v) is 8.36. The van der Waals surface area contributed by atoms with Crippen molar-refractivity contribution < 1.29 is 23.4 Å². The highest BCUT2D eigenvalue weighted by Gasteiger charge is 2.55. The summed E-state index contributed by atoms with van der Waals surface area (Å²) in [7, 11) is 1.32. The van der Waals surface area contributed by atoms with Gasteiger partial charge in [-0.15, -0.1) is 0 Å². The fraction of sp³-hybridized carbons (Fsp3) is 0.222. The first-order valence-electron chi connectivity index (χ1n) is 11.6. The summed E-state index contributed by atoms with van der Waals surface area (Å²) in [5, 5.41) is 0.717. The van der Waals surface area contributed by atoms with E-state index < -0.39 is 23.7 Å². The molecule has 4 aromatic rings. The van der Waals surface area contributed by atoms with Gasteiger partial charge in [0.1, 0.15) is 40.6 Å². The molecule has 0 aliphatic carbocycles. The second kappa shape index (κ2) is 9.34. The van der Waals surface area contributed by atoms with Gasteiger partial charge in [0.25, 0.3) is 5.56 Å². The van der Waals surface area contributed by atoms with Gasteiger partial charge in [0.15, 0.2) is 4.80 Å². The number of para-hydroxylation sites is 1. The number of methoxy groups -OCH3 is 1. The molecule has 2 aromatic heterocycles. The molecule has 0 amide bonds. The zero-order valence-corrected chi connectivity index (χ0v) is 22.5. The molecule has 0 radical (unpaired) electrons. The summed E-state index contributed by atoms with van der Waals surface area (Å²) >= 11 is 13.4. The van der Waals surface area contributed by atoms with E-state index >= 15 is 0 Å². The van der Waals surface area contributed by atoms with Gasteiger partial charge >= 0.3 is 5.97 Å². The van der Waals surface area contributed by atoms with Crippen molar-refractivity contribution in [1.29, 1.82) is 0 Å². The van der Waals surface area contributed by atoms with E-state index in [1.807, 2.05) is 24.3 Å². The van der Waals surface area contributed by atoms with Crippen LogP contribution in [-0.2, 0) is 16.1 Å². The maximum absolute atomic E-state index is 13.7. The van der Waals surface area contributed by atoms with Gasteiger partial charge in [-0.05, 0) is 37.3 Å². The van der Waals surface area contributed by atoms with Crippen LogP contribution in [0.2, 0.25) is 10.0 Å². The second-order valence-electron chi connectivity index (χ2n) is 8.97. The second-order valence-corrected chi connectivity index (χ2v) is 10.8. The van der Waals surface area contributed by atoms with Crippen LogP contribution in [0.3, 0.4) is 0 Å². The van der Waals surface area contributed by atoms with Gasteiger partial charge in [0.05, 0.1) is 22.7 Å². The molecule has 194 valence electrons. The number of ether oxygens (including phenoxy) is 3. The molecule has 3 atom stereocenters. The summed E-state index contributed by atoms with van der Waals surface area (Å²) in [6.45, 7) is 1.86. The van der Waals surface area contributed by atoms with Crippen molar-refractivity contribution >= 4 is 46.6 Å². The number of fused-ring (bicyclic) bond motifs is 6. The monoisotopic (exact) mass is 570 g/mol. The topological polar surface area (TPSA) is 92.3 Å².